The molecule has 1 heterocycles. The van der Waals surface area contributed by atoms with Crippen molar-refractivity contribution < 1.29 is 19.2 Å². The third-order valence-corrected chi connectivity index (χ3v) is 3.47. The summed E-state index contributed by atoms with van der Waals surface area (Å²) in [6.07, 6.45) is 0. The molecular formula is C16H15N3O5. The molecule has 0 spiro atoms. The van der Waals surface area contributed by atoms with Crippen molar-refractivity contribution in [2.24, 2.45) is 5.73 Å². The van der Waals surface area contributed by atoms with Crippen LogP contribution in [0.4, 0.5) is 5.69 Å². The Hall–Kier alpha value is -3.34. The molecule has 8 heteroatoms. The number of ketones is 1. The predicted molar refractivity (Wildman–Crippen MR) is 83.1 cm³/mol. The number of nitrogens with two attached hydrogens (primary N) is 1. The molecule has 0 aromatic heterocycles. The first kappa shape index (κ1) is 17.0. The minimum absolute atomic E-state index is 0.0194. The lowest BCUT2D eigenvalue weighted by Gasteiger charge is -2.15. The maximum Gasteiger partial charge on any atom is 0.269 e. The van der Waals surface area contributed by atoms with Gasteiger partial charge in [-0.3, -0.25) is 14.9 Å². The number of Topliss-reactive ketones (excluding diaryl/α,β-unsaturated/α-hetero) is 1. The van der Waals surface area contributed by atoms with Crippen LogP contribution in [-0.4, -0.2) is 17.3 Å². The zero-order valence-electron chi connectivity index (χ0n) is 13.1. The van der Waals surface area contributed by atoms with Gasteiger partial charge in [0.05, 0.1) is 17.4 Å². The van der Waals surface area contributed by atoms with Gasteiger partial charge >= 0.3 is 0 Å². The van der Waals surface area contributed by atoms with E-state index < -0.39 is 16.6 Å². The predicted octanol–water partition coefficient (Wildman–Crippen LogP) is 2.24. The molecule has 124 valence electrons. The van der Waals surface area contributed by atoms with Crippen LogP contribution in [0.15, 0.2) is 47.2 Å². The average Bonchev–Trinajstić information content (AvgIpc) is 2.64. The summed E-state index contributed by atoms with van der Waals surface area (Å²) < 4.78 is 10.7. The molecule has 1 atom stereocenters. The van der Waals surface area contributed by atoms with Crippen LogP contribution in [0.3, 0.4) is 0 Å². The first-order valence-corrected chi connectivity index (χ1v) is 7.10. The van der Waals surface area contributed by atoms with E-state index in [0.717, 1.165) is 0 Å². The van der Waals surface area contributed by atoms with E-state index in [1.807, 2.05) is 6.07 Å². The number of nitriles is 1. The molecule has 1 unspecified atom stereocenters. The summed E-state index contributed by atoms with van der Waals surface area (Å²) in [6.45, 7) is 3.46. The van der Waals surface area contributed by atoms with Crippen molar-refractivity contribution in [2.45, 2.75) is 19.8 Å². The number of carbonyl (C=O) groups is 1. The molecule has 0 radical (unpaired) electrons. The van der Waals surface area contributed by atoms with Crippen LogP contribution in [0.1, 0.15) is 25.3 Å². The van der Waals surface area contributed by atoms with Crippen molar-refractivity contribution in [3.05, 3.63) is 62.9 Å². The highest BCUT2D eigenvalue weighted by atomic mass is 16.6. The average molecular weight is 329 g/mol. The molecule has 0 fully saturated rings. The molecule has 0 aliphatic carbocycles. The molecule has 2 N–H and O–H groups in total. The van der Waals surface area contributed by atoms with Gasteiger partial charge in [-0.1, -0.05) is 12.1 Å². The van der Waals surface area contributed by atoms with E-state index in [1.54, 1.807) is 6.92 Å². The van der Waals surface area contributed by atoms with Crippen molar-refractivity contribution in [2.75, 3.05) is 6.61 Å². The van der Waals surface area contributed by atoms with Gasteiger partial charge in [0.2, 0.25) is 17.4 Å². The maximum atomic E-state index is 12.8. The van der Waals surface area contributed by atoms with E-state index in [4.69, 9.17) is 15.2 Å². The first-order chi connectivity index (χ1) is 11.4. The van der Waals surface area contributed by atoms with Gasteiger partial charge in [0.25, 0.3) is 5.69 Å². The lowest BCUT2D eigenvalue weighted by atomic mass is 9.87. The molecule has 2 rings (SSSR count). The number of allylic oxidation sites excluding steroid dienone is 3. The van der Waals surface area contributed by atoms with Gasteiger partial charge in [-0.05, 0) is 19.4 Å². The summed E-state index contributed by atoms with van der Waals surface area (Å²) in [4.78, 5) is 23.1. The van der Waals surface area contributed by atoms with Crippen molar-refractivity contribution >= 4 is 11.5 Å². The Morgan fingerprint density at radius 3 is 2.54 bits per heavy atom. The topological polar surface area (TPSA) is 128 Å². The second kappa shape index (κ2) is 6.83. The number of non-ortho nitro benzene ring substituents is 1. The first-order valence-electron chi connectivity index (χ1n) is 7.10. The van der Waals surface area contributed by atoms with Gasteiger partial charge in [0.15, 0.2) is 0 Å². The van der Waals surface area contributed by atoms with Gasteiger partial charge in [0.1, 0.15) is 17.4 Å². The number of benzene rings is 1. The molecule has 0 saturated heterocycles. The number of hydrogen-bond acceptors (Lipinski definition) is 7. The van der Waals surface area contributed by atoms with Gasteiger partial charge in [-0.15, -0.1) is 0 Å². The fourth-order valence-electron chi connectivity index (χ4n) is 2.39. The Morgan fingerprint density at radius 1 is 1.42 bits per heavy atom. The SMILES string of the molecule is CCOC1=C(C)OC(N)=C(C#N)C(c2ccc([N+](=O)[O-])cc2)C1=O. The number of ether oxygens (including phenoxy) is 2. The molecule has 8 nitrogen and oxygen atoms in total. The van der Waals surface area contributed by atoms with Crippen molar-refractivity contribution in [3.8, 4) is 6.07 Å². The lowest BCUT2D eigenvalue weighted by molar-refractivity contribution is -0.384. The Labute approximate surface area is 137 Å². The van der Waals surface area contributed by atoms with Gasteiger partial charge < -0.3 is 15.2 Å². The number of nitro benzene ring substituents is 1. The zero-order chi connectivity index (χ0) is 17.9. The fraction of sp³-hybridized carbons (Fsp3) is 0.250. The second-order valence-corrected chi connectivity index (χ2v) is 4.96. The Bertz CT molecular complexity index is 787. The molecule has 0 amide bonds. The number of rotatable bonds is 4. The lowest BCUT2D eigenvalue weighted by Crippen LogP contribution is -2.19. The summed E-state index contributed by atoms with van der Waals surface area (Å²) in [7, 11) is 0. The molecule has 1 aromatic rings. The quantitative estimate of drug-likeness (QED) is 0.662. The molecule has 1 aliphatic heterocycles. The molecule has 0 saturated carbocycles. The van der Waals surface area contributed by atoms with Crippen LogP contribution in [-0.2, 0) is 14.3 Å². The largest absolute Gasteiger partial charge is 0.487 e. The monoisotopic (exact) mass is 329 g/mol. The van der Waals surface area contributed by atoms with E-state index in [9.17, 15) is 20.2 Å². The van der Waals surface area contributed by atoms with Crippen molar-refractivity contribution in [1.29, 1.82) is 5.26 Å². The fourth-order valence-corrected chi connectivity index (χ4v) is 2.39. The summed E-state index contributed by atoms with van der Waals surface area (Å²) >= 11 is 0. The highest BCUT2D eigenvalue weighted by Crippen LogP contribution is 2.34. The molecule has 1 aliphatic rings. The van der Waals surface area contributed by atoms with Gasteiger partial charge in [0, 0.05) is 12.1 Å². The van der Waals surface area contributed by atoms with Crippen LogP contribution in [0, 0.1) is 21.4 Å². The van der Waals surface area contributed by atoms with Crippen LogP contribution in [0.5, 0.6) is 0 Å². The third-order valence-electron chi connectivity index (χ3n) is 3.47. The summed E-state index contributed by atoms with van der Waals surface area (Å²) in [5, 5.41) is 20.2. The van der Waals surface area contributed by atoms with E-state index in [-0.39, 0.29) is 35.3 Å². The summed E-state index contributed by atoms with van der Waals surface area (Å²) in [5.74, 6) is -1.58. The molecule has 1 aromatic carbocycles. The van der Waals surface area contributed by atoms with E-state index >= 15 is 0 Å². The highest BCUT2D eigenvalue weighted by Gasteiger charge is 2.36. The number of hydrogen-bond donors (Lipinski definition) is 1. The van der Waals surface area contributed by atoms with Crippen LogP contribution < -0.4 is 5.73 Å². The Balaban J connectivity index is 2.58. The standard InChI is InChI=1S/C16H15N3O5/c1-3-23-15-9(2)24-16(18)12(8-17)13(14(15)20)10-4-6-11(7-5-10)19(21)22/h4-7,13H,3,18H2,1-2H3. The summed E-state index contributed by atoms with van der Waals surface area (Å²) in [6, 6.07) is 7.23. The second-order valence-electron chi connectivity index (χ2n) is 4.96. The zero-order valence-corrected chi connectivity index (χ0v) is 13.1. The van der Waals surface area contributed by atoms with E-state index in [0.29, 0.717) is 5.56 Å². The minimum Gasteiger partial charge on any atom is -0.487 e. The van der Waals surface area contributed by atoms with Gasteiger partial charge in [-0.25, -0.2) is 0 Å². The van der Waals surface area contributed by atoms with E-state index in [1.165, 1.54) is 31.2 Å². The highest BCUT2D eigenvalue weighted by molar-refractivity contribution is 6.02. The molecule has 24 heavy (non-hydrogen) atoms. The number of nitro groups is 1. The normalized spacial score (nSPS) is 17.9. The van der Waals surface area contributed by atoms with Crippen molar-refractivity contribution in [1.82, 2.24) is 0 Å². The smallest absolute Gasteiger partial charge is 0.269 e. The number of carbonyl (C=O) groups excluding carboxylic acids is 1. The molecular weight excluding hydrogens is 314 g/mol. The van der Waals surface area contributed by atoms with Crippen LogP contribution in [0.25, 0.3) is 0 Å². The number of nitrogens with zero attached hydrogens (tertiary/aromatic N) is 2. The van der Waals surface area contributed by atoms with Gasteiger partial charge in [-0.2, -0.15) is 5.26 Å². The van der Waals surface area contributed by atoms with E-state index in [2.05, 4.69) is 0 Å². The third kappa shape index (κ3) is 3.05. The maximum absolute atomic E-state index is 12.8. The Morgan fingerprint density at radius 2 is 2.04 bits per heavy atom. The summed E-state index contributed by atoms with van der Waals surface area (Å²) in [5.41, 5.74) is 5.99. The molecule has 0 bridgehead atoms. The van der Waals surface area contributed by atoms with Crippen LogP contribution >= 0.6 is 0 Å². The van der Waals surface area contributed by atoms with Crippen molar-refractivity contribution in [3.63, 3.8) is 0 Å². The minimum atomic E-state index is -1.05. The Kier molecular flexibility index (Phi) is 4.84. The van der Waals surface area contributed by atoms with Crippen LogP contribution in [0.2, 0.25) is 0 Å².